The van der Waals surface area contributed by atoms with Gasteiger partial charge in [-0.05, 0) is 25.3 Å². The Hall–Kier alpha value is -1.06. The van der Waals surface area contributed by atoms with Gasteiger partial charge in [0.2, 0.25) is 0 Å². The molecule has 2 rings (SSSR count). The summed E-state index contributed by atoms with van der Waals surface area (Å²) in [6.07, 6.45) is 4.28. The predicted octanol–water partition coefficient (Wildman–Crippen LogP) is 3.64. The third kappa shape index (κ3) is 3.71. The maximum Gasteiger partial charge on any atom is 0.254 e. The standard InChI is InChI=1S/C16H19BrO2/c1-12-15(17)8-5-9-16(12)19-11-14(10-18)13-6-3-2-4-7-13/h2-4,6-7,9,14,18H,5,8,10-11H2,1H3/p+1/t14-/m0/s1. The van der Waals surface area contributed by atoms with Crippen molar-refractivity contribution in [1.29, 1.82) is 0 Å². The quantitative estimate of drug-likeness (QED) is 0.824. The van der Waals surface area contributed by atoms with Crippen LogP contribution in [-0.4, -0.2) is 23.1 Å². The van der Waals surface area contributed by atoms with Gasteiger partial charge in [-0.25, -0.2) is 0 Å². The van der Waals surface area contributed by atoms with Crippen molar-refractivity contribution in [3.05, 3.63) is 57.8 Å². The zero-order chi connectivity index (χ0) is 13.7. The monoisotopic (exact) mass is 323 g/mol. The minimum atomic E-state index is 0.0793. The average molecular weight is 324 g/mol. The molecule has 0 unspecified atom stereocenters. The van der Waals surface area contributed by atoms with Crippen LogP contribution in [0.25, 0.3) is 0 Å². The van der Waals surface area contributed by atoms with E-state index >= 15 is 0 Å². The number of benzene rings is 1. The fraction of sp³-hybridized carbons (Fsp3) is 0.375. The second-order valence-corrected chi connectivity index (χ2v) is 5.75. The highest BCUT2D eigenvalue weighted by molar-refractivity contribution is 9.11. The van der Waals surface area contributed by atoms with Crippen molar-refractivity contribution in [3.8, 4) is 0 Å². The molecule has 19 heavy (non-hydrogen) atoms. The normalized spacial score (nSPS) is 17.1. The van der Waals surface area contributed by atoms with Gasteiger partial charge < -0.3 is 9.84 Å². The third-order valence-electron chi connectivity index (χ3n) is 3.47. The molecule has 2 N–H and O–H groups in total. The van der Waals surface area contributed by atoms with Crippen molar-refractivity contribution in [2.45, 2.75) is 25.7 Å². The van der Waals surface area contributed by atoms with Crippen molar-refractivity contribution in [2.24, 2.45) is 0 Å². The molecule has 0 bridgehead atoms. The van der Waals surface area contributed by atoms with Crippen molar-refractivity contribution < 1.29 is 9.84 Å². The van der Waals surface area contributed by atoms with Crippen LogP contribution in [0.1, 0.15) is 31.2 Å². The third-order valence-corrected chi connectivity index (χ3v) is 4.46. The molecule has 1 aromatic carbocycles. The molecular weight excluding hydrogens is 304 g/mol. The van der Waals surface area contributed by atoms with Gasteiger partial charge in [0, 0.05) is 10.6 Å². The molecule has 0 saturated carbocycles. The first-order valence-electron chi connectivity index (χ1n) is 6.61. The first-order chi connectivity index (χ1) is 9.22. The Morgan fingerprint density at radius 1 is 1.32 bits per heavy atom. The summed E-state index contributed by atoms with van der Waals surface area (Å²) in [6.45, 7) is 2.85. The fourth-order valence-corrected chi connectivity index (χ4v) is 2.63. The lowest BCUT2D eigenvalue weighted by Gasteiger charge is -2.18. The van der Waals surface area contributed by atoms with E-state index in [4.69, 9.17) is 0 Å². The highest BCUT2D eigenvalue weighted by Gasteiger charge is 2.19. The van der Waals surface area contributed by atoms with E-state index in [2.05, 4.69) is 33.7 Å². The van der Waals surface area contributed by atoms with Crippen LogP contribution in [0.3, 0.4) is 0 Å². The van der Waals surface area contributed by atoms with E-state index < -0.39 is 0 Å². The summed E-state index contributed by atoms with van der Waals surface area (Å²) in [5.74, 6) is 1.14. The lowest BCUT2D eigenvalue weighted by atomic mass is 10.0. The molecule has 1 aliphatic carbocycles. The van der Waals surface area contributed by atoms with Gasteiger partial charge in [0.1, 0.15) is 0 Å². The smallest absolute Gasteiger partial charge is 0.254 e. The van der Waals surface area contributed by atoms with Crippen molar-refractivity contribution in [3.63, 3.8) is 0 Å². The number of aliphatic hydroxyl groups excluding tert-OH is 1. The SMILES string of the molecule is CC1=C(Br)CCC=C1[OH+]C[C@H](CO)c1ccccc1. The number of halogens is 1. The highest BCUT2D eigenvalue weighted by Crippen LogP contribution is 2.29. The first kappa shape index (κ1) is 14.4. The van der Waals surface area contributed by atoms with Crippen LogP contribution in [0.4, 0.5) is 0 Å². The number of hydrogen-bond acceptors (Lipinski definition) is 1. The molecule has 3 heteroatoms. The Kier molecular flexibility index (Phi) is 5.23. The average Bonchev–Trinajstić information content (AvgIpc) is 2.45. The van der Waals surface area contributed by atoms with Crippen molar-refractivity contribution in [2.75, 3.05) is 13.2 Å². The highest BCUT2D eigenvalue weighted by atomic mass is 79.9. The summed E-state index contributed by atoms with van der Waals surface area (Å²) < 4.78 is 5.92. The Balaban J connectivity index is 2.00. The number of allylic oxidation sites excluding steroid dienone is 3. The van der Waals surface area contributed by atoms with Crippen LogP contribution in [0.5, 0.6) is 0 Å². The van der Waals surface area contributed by atoms with Gasteiger partial charge in [0.05, 0.1) is 18.1 Å². The van der Waals surface area contributed by atoms with Gasteiger partial charge in [-0.1, -0.05) is 46.3 Å². The molecule has 1 aromatic rings. The largest absolute Gasteiger partial charge is 0.582 e. The second-order valence-electron chi connectivity index (χ2n) is 4.79. The molecule has 0 spiro atoms. The molecule has 0 fully saturated rings. The summed E-state index contributed by atoms with van der Waals surface area (Å²) in [5, 5.41) is 9.53. The summed E-state index contributed by atoms with van der Waals surface area (Å²) in [6, 6.07) is 10.1. The maximum absolute atomic E-state index is 9.53. The van der Waals surface area contributed by atoms with E-state index in [0.29, 0.717) is 6.61 Å². The van der Waals surface area contributed by atoms with E-state index in [0.717, 1.165) is 24.2 Å². The molecule has 0 heterocycles. The first-order valence-corrected chi connectivity index (χ1v) is 7.40. The number of rotatable bonds is 5. The summed E-state index contributed by atoms with van der Waals surface area (Å²) in [5.41, 5.74) is 2.36. The molecule has 1 atom stereocenters. The van der Waals surface area contributed by atoms with Crippen LogP contribution in [0.15, 0.2) is 52.2 Å². The van der Waals surface area contributed by atoms with Crippen LogP contribution in [0, 0.1) is 0 Å². The van der Waals surface area contributed by atoms with Gasteiger partial charge in [-0.2, -0.15) is 0 Å². The summed E-state index contributed by atoms with van der Waals surface area (Å²) in [4.78, 5) is 0. The van der Waals surface area contributed by atoms with Crippen LogP contribution in [0.2, 0.25) is 0 Å². The summed E-state index contributed by atoms with van der Waals surface area (Å²) >= 11 is 3.59. The van der Waals surface area contributed by atoms with Crippen LogP contribution >= 0.6 is 15.9 Å². The lowest BCUT2D eigenvalue weighted by molar-refractivity contribution is 0.0144. The molecule has 1 aliphatic rings. The minimum absolute atomic E-state index is 0.0793. The molecular formula is C16H20BrO2+. The zero-order valence-electron chi connectivity index (χ0n) is 11.1. The second kappa shape index (κ2) is 6.92. The summed E-state index contributed by atoms with van der Waals surface area (Å²) in [7, 11) is 0. The Morgan fingerprint density at radius 3 is 2.74 bits per heavy atom. The topological polar surface area (TPSA) is 33.0 Å². The van der Waals surface area contributed by atoms with Crippen molar-refractivity contribution in [1.82, 2.24) is 0 Å². The van der Waals surface area contributed by atoms with E-state index in [1.807, 2.05) is 30.3 Å². The molecule has 2 nitrogen and oxygen atoms in total. The van der Waals surface area contributed by atoms with Gasteiger partial charge in [0.25, 0.3) is 5.76 Å². The minimum Gasteiger partial charge on any atom is -0.582 e. The molecule has 0 saturated heterocycles. The molecule has 102 valence electrons. The lowest BCUT2D eigenvalue weighted by Crippen LogP contribution is -2.16. The van der Waals surface area contributed by atoms with E-state index in [1.165, 1.54) is 10.1 Å². The molecule has 0 amide bonds. The Bertz CT molecular complexity index is 477. The van der Waals surface area contributed by atoms with E-state index in [-0.39, 0.29) is 12.5 Å². The fourth-order valence-electron chi connectivity index (χ4n) is 2.20. The zero-order valence-corrected chi connectivity index (χ0v) is 12.7. The van der Waals surface area contributed by atoms with Gasteiger partial charge >= 0.3 is 0 Å². The molecule has 0 aromatic heterocycles. The Morgan fingerprint density at radius 2 is 2.05 bits per heavy atom. The Labute approximate surface area is 122 Å². The maximum atomic E-state index is 9.53. The van der Waals surface area contributed by atoms with Crippen molar-refractivity contribution >= 4 is 15.9 Å². The van der Waals surface area contributed by atoms with Gasteiger partial charge in [0.15, 0.2) is 6.61 Å². The van der Waals surface area contributed by atoms with Gasteiger partial charge in [-0.15, -0.1) is 0 Å². The number of hydrogen-bond donors (Lipinski definition) is 1. The molecule has 0 radical (unpaired) electrons. The van der Waals surface area contributed by atoms with Crippen LogP contribution < -0.4 is 0 Å². The van der Waals surface area contributed by atoms with E-state index in [1.54, 1.807) is 0 Å². The van der Waals surface area contributed by atoms with Gasteiger partial charge in [-0.3, -0.25) is 0 Å². The van der Waals surface area contributed by atoms with Crippen LogP contribution in [-0.2, 0) is 0 Å². The molecule has 0 aliphatic heterocycles. The predicted molar refractivity (Wildman–Crippen MR) is 82.3 cm³/mol. The number of aliphatic hydroxyl groups is 3. The number of ether oxygens (including phenoxy) is 1. The van der Waals surface area contributed by atoms with E-state index in [9.17, 15) is 5.11 Å².